The molecule has 0 aliphatic heterocycles. The van der Waals surface area contributed by atoms with E-state index in [4.69, 9.17) is 0 Å². The van der Waals surface area contributed by atoms with Crippen molar-refractivity contribution in [2.45, 2.75) is 27.7 Å². The number of nitrogens with one attached hydrogen (secondary N) is 1. The maximum atomic E-state index is 2.75. The Balaban J connectivity index is -0.0000000549. The van der Waals surface area contributed by atoms with E-state index < -0.39 is 0 Å². The van der Waals surface area contributed by atoms with Crippen molar-refractivity contribution in [3.05, 3.63) is 36.4 Å². The average Bonchev–Trinajstić information content (AvgIpc) is 2.27. The summed E-state index contributed by atoms with van der Waals surface area (Å²) in [4.78, 5) is 0. The first-order valence-corrected chi connectivity index (χ1v) is 5.00. The Labute approximate surface area is 85.7 Å². The van der Waals surface area contributed by atoms with Gasteiger partial charge in [-0.15, -0.1) is 0 Å². The third-order valence-electron chi connectivity index (χ3n) is 0.667. The molecule has 0 unspecified atom stereocenters. The molecule has 0 radical (unpaired) electrons. The van der Waals surface area contributed by atoms with Crippen LogP contribution in [-0.2, 0) is 0 Å². The van der Waals surface area contributed by atoms with Crippen LogP contribution in [0.1, 0.15) is 29.1 Å². The van der Waals surface area contributed by atoms with Crippen LogP contribution < -0.4 is 5.32 Å². The summed E-state index contributed by atoms with van der Waals surface area (Å²) in [5.74, 6) is 0. The zero-order chi connectivity index (χ0) is 10.9. The fourth-order valence-corrected chi connectivity index (χ4v) is 0.385. The molecule has 0 saturated heterocycles. The maximum Gasteiger partial charge on any atom is 0 e. The molecule has 13 heavy (non-hydrogen) atoms. The fourth-order valence-electron chi connectivity index (χ4n) is 0.385. The van der Waals surface area contributed by atoms with E-state index in [1.807, 2.05) is 78.2 Å². The lowest BCUT2D eigenvalue weighted by molar-refractivity contribution is 1.02. The molecular formula is C12H27N. The van der Waals surface area contributed by atoms with Crippen LogP contribution in [0.4, 0.5) is 0 Å². The summed E-state index contributed by atoms with van der Waals surface area (Å²) in [5, 5.41) is 2.75. The molecule has 1 N–H and O–H groups in total. The summed E-state index contributed by atoms with van der Waals surface area (Å²) in [7, 11) is 3.75. The monoisotopic (exact) mass is 185 g/mol. The molecule has 1 rings (SSSR count). The summed E-state index contributed by atoms with van der Waals surface area (Å²) >= 11 is 0. The molecule has 0 aliphatic rings. The lowest BCUT2D eigenvalue weighted by atomic mass is 10.4. The maximum absolute atomic E-state index is 2.75. The van der Waals surface area contributed by atoms with Gasteiger partial charge in [-0.05, 0) is 14.1 Å². The van der Waals surface area contributed by atoms with Crippen molar-refractivity contribution in [1.82, 2.24) is 5.32 Å². The number of benzene rings is 1. The van der Waals surface area contributed by atoms with Gasteiger partial charge in [-0.3, -0.25) is 0 Å². The van der Waals surface area contributed by atoms with Gasteiger partial charge in [-0.1, -0.05) is 64.1 Å². The Bertz CT molecular complexity index is 93.2. The fraction of sp³-hybridized carbons (Fsp3) is 0.500. The Morgan fingerprint density at radius 2 is 0.692 bits per heavy atom. The molecule has 1 heteroatoms. The van der Waals surface area contributed by atoms with Gasteiger partial charge in [0, 0.05) is 1.43 Å². The van der Waals surface area contributed by atoms with Gasteiger partial charge in [-0.25, -0.2) is 0 Å². The Morgan fingerprint density at radius 3 is 0.769 bits per heavy atom. The highest BCUT2D eigenvalue weighted by atomic mass is 14.7. The van der Waals surface area contributed by atoms with E-state index in [2.05, 4.69) is 5.32 Å². The first-order chi connectivity index (χ1) is 6.41. The van der Waals surface area contributed by atoms with Crippen molar-refractivity contribution in [3.63, 3.8) is 0 Å². The largest absolute Gasteiger partial charge is 0.323 e. The number of hydrogen-bond donors (Lipinski definition) is 1. The lowest BCUT2D eigenvalue weighted by Gasteiger charge is -1.69. The second kappa shape index (κ2) is 30.3. The molecule has 1 nitrogen and oxygen atoms in total. The molecule has 0 saturated carbocycles. The van der Waals surface area contributed by atoms with E-state index in [-0.39, 0.29) is 1.43 Å². The molecule has 0 aliphatic carbocycles. The zero-order valence-corrected chi connectivity index (χ0v) is 9.96. The summed E-state index contributed by atoms with van der Waals surface area (Å²) in [6, 6.07) is 12.0. The summed E-state index contributed by atoms with van der Waals surface area (Å²) in [5.41, 5.74) is 0. The van der Waals surface area contributed by atoms with Crippen molar-refractivity contribution >= 4 is 0 Å². The van der Waals surface area contributed by atoms with Crippen LogP contribution in [-0.4, -0.2) is 14.1 Å². The van der Waals surface area contributed by atoms with Crippen LogP contribution in [0.5, 0.6) is 0 Å². The van der Waals surface area contributed by atoms with E-state index in [1.165, 1.54) is 0 Å². The summed E-state index contributed by atoms with van der Waals surface area (Å²) < 4.78 is 0. The minimum atomic E-state index is 0. The predicted octanol–water partition coefficient (Wildman–Crippen LogP) is 3.82. The SMILES string of the molecule is CC.CC.CNC.[HH].c1ccccc1. The van der Waals surface area contributed by atoms with Crippen LogP contribution >= 0.6 is 0 Å². The van der Waals surface area contributed by atoms with E-state index >= 15 is 0 Å². The van der Waals surface area contributed by atoms with Gasteiger partial charge in [0.1, 0.15) is 0 Å². The molecule has 0 amide bonds. The number of rotatable bonds is 0. The van der Waals surface area contributed by atoms with Gasteiger partial charge >= 0.3 is 0 Å². The topological polar surface area (TPSA) is 12.0 Å². The molecule has 0 spiro atoms. The van der Waals surface area contributed by atoms with Crippen LogP contribution in [0.15, 0.2) is 36.4 Å². The van der Waals surface area contributed by atoms with Crippen molar-refractivity contribution in [2.24, 2.45) is 0 Å². The predicted molar refractivity (Wildman–Crippen MR) is 66.2 cm³/mol. The highest BCUT2D eigenvalue weighted by Gasteiger charge is 1.57. The Hall–Kier alpha value is -0.820. The smallest absolute Gasteiger partial charge is 0 e. The second-order valence-corrected chi connectivity index (χ2v) is 1.65. The molecule has 0 atom stereocenters. The molecular weight excluding hydrogens is 158 g/mol. The second-order valence-electron chi connectivity index (χ2n) is 1.65. The number of hydrogen-bond acceptors (Lipinski definition) is 1. The van der Waals surface area contributed by atoms with E-state index in [9.17, 15) is 0 Å². The van der Waals surface area contributed by atoms with Crippen molar-refractivity contribution in [1.29, 1.82) is 0 Å². The Kier molecular flexibility index (Phi) is 42.2. The van der Waals surface area contributed by atoms with Gasteiger partial charge in [0.15, 0.2) is 0 Å². The standard InChI is InChI=1S/C6H6.C2H7N.2C2H6.H2/c1-2-4-6-5-3-1;1-3-2;2*1-2;/h1-6H;3H,1-2H3;2*1-2H3;1H. The highest BCUT2D eigenvalue weighted by Crippen LogP contribution is 1.79. The first-order valence-electron chi connectivity index (χ1n) is 5.00. The normalized spacial score (nSPS) is 6.00. The third kappa shape index (κ3) is 35.1. The van der Waals surface area contributed by atoms with E-state index in [1.54, 1.807) is 0 Å². The van der Waals surface area contributed by atoms with E-state index in [0.29, 0.717) is 0 Å². The molecule has 0 bridgehead atoms. The van der Waals surface area contributed by atoms with Crippen LogP contribution in [0.3, 0.4) is 0 Å². The molecule has 80 valence electrons. The quantitative estimate of drug-likeness (QED) is 0.648. The summed E-state index contributed by atoms with van der Waals surface area (Å²) in [6.07, 6.45) is 0. The first kappa shape index (κ1) is 18.1. The van der Waals surface area contributed by atoms with Crippen LogP contribution in [0, 0.1) is 0 Å². The van der Waals surface area contributed by atoms with Gasteiger partial charge in [0.2, 0.25) is 0 Å². The van der Waals surface area contributed by atoms with Crippen molar-refractivity contribution < 1.29 is 1.43 Å². The molecule has 1 aromatic carbocycles. The van der Waals surface area contributed by atoms with Gasteiger partial charge < -0.3 is 5.32 Å². The summed E-state index contributed by atoms with van der Waals surface area (Å²) in [6.45, 7) is 8.00. The zero-order valence-electron chi connectivity index (χ0n) is 9.96. The van der Waals surface area contributed by atoms with E-state index in [0.717, 1.165) is 0 Å². The van der Waals surface area contributed by atoms with Crippen molar-refractivity contribution in [3.8, 4) is 0 Å². The van der Waals surface area contributed by atoms with Gasteiger partial charge in [0.25, 0.3) is 0 Å². The lowest BCUT2D eigenvalue weighted by Crippen LogP contribution is -1.89. The third-order valence-corrected chi connectivity index (χ3v) is 0.667. The molecule has 0 heterocycles. The van der Waals surface area contributed by atoms with Gasteiger partial charge in [-0.2, -0.15) is 0 Å². The van der Waals surface area contributed by atoms with Crippen LogP contribution in [0.25, 0.3) is 0 Å². The minimum absolute atomic E-state index is 0. The molecule has 0 aromatic heterocycles. The molecule has 1 aromatic rings. The Morgan fingerprint density at radius 1 is 0.615 bits per heavy atom. The average molecular weight is 185 g/mol. The highest BCUT2D eigenvalue weighted by molar-refractivity contribution is 4.99. The minimum Gasteiger partial charge on any atom is -0.323 e. The van der Waals surface area contributed by atoms with Gasteiger partial charge in [0.05, 0.1) is 0 Å². The molecule has 0 fully saturated rings. The van der Waals surface area contributed by atoms with Crippen molar-refractivity contribution in [2.75, 3.05) is 14.1 Å². The van der Waals surface area contributed by atoms with Crippen LogP contribution in [0.2, 0.25) is 0 Å².